The molecule has 1 aromatic rings. The number of hydrogen-bond acceptors (Lipinski definition) is 4. The number of aliphatic carboxylic acids is 1. The average Bonchev–Trinajstić information content (AvgIpc) is 2.52. The Labute approximate surface area is 78.7 Å². The van der Waals surface area contributed by atoms with Gasteiger partial charge in [-0.2, -0.15) is 5.26 Å². The fourth-order valence-electron chi connectivity index (χ4n) is 0.826. The van der Waals surface area contributed by atoms with Gasteiger partial charge in [0.2, 0.25) is 0 Å². The number of thiophene rings is 1. The van der Waals surface area contributed by atoms with Crippen molar-refractivity contribution in [3.8, 4) is 6.07 Å². The quantitative estimate of drug-likeness (QED) is 0.743. The van der Waals surface area contributed by atoms with E-state index in [0.29, 0.717) is 9.75 Å². The minimum atomic E-state index is -1.38. The van der Waals surface area contributed by atoms with Crippen LogP contribution in [0.5, 0.6) is 0 Å². The predicted molar refractivity (Wildman–Crippen MR) is 46.4 cm³/mol. The molecule has 1 atom stereocenters. The molecule has 0 aliphatic rings. The molecule has 0 aliphatic heterocycles. The SMILES string of the molecule is N#Cc1ccc(CC(O)C(=O)O)s1. The molecule has 0 bridgehead atoms. The fourth-order valence-corrected chi connectivity index (χ4v) is 1.67. The van der Waals surface area contributed by atoms with Gasteiger partial charge in [0, 0.05) is 11.3 Å². The van der Waals surface area contributed by atoms with Crippen molar-refractivity contribution >= 4 is 17.3 Å². The van der Waals surface area contributed by atoms with E-state index in [1.807, 2.05) is 6.07 Å². The van der Waals surface area contributed by atoms with E-state index in [1.165, 1.54) is 11.3 Å². The standard InChI is InChI=1S/C8H7NO3S/c9-4-6-2-1-5(13-6)3-7(10)8(11)12/h1-2,7,10H,3H2,(H,11,12). The fraction of sp³-hybridized carbons (Fsp3) is 0.250. The van der Waals surface area contributed by atoms with Crippen LogP contribution in [-0.2, 0) is 11.2 Å². The molecule has 0 fully saturated rings. The summed E-state index contributed by atoms with van der Waals surface area (Å²) in [5, 5.41) is 25.9. The van der Waals surface area contributed by atoms with Crippen molar-refractivity contribution < 1.29 is 15.0 Å². The molecule has 0 amide bonds. The first-order valence-electron chi connectivity index (χ1n) is 3.53. The van der Waals surface area contributed by atoms with Crippen molar-refractivity contribution in [3.05, 3.63) is 21.9 Å². The molecule has 0 saturated carbocycles. The highest BCUT2D eigenvalue weighted by Crippen LogP contribution is 2.16. The number of carboxylic acids is 1. The van der Waals surface area contributed by atoms with Crippen molar-refractivity contribution in [1.29, 1.82) is 5.26 Å². The van der Waals surface area contributed by atoms with E-state index in [2.05, 4.69) is 0 Å². The van der Waals surface area contributed by atoms with Crippen LogP contribution in [0.15, 0.2) is 12.1 Å². The summed E-state index contributed by atoms with van der Waals surface area (Å²) in [6, 6.07) is 5.19. The molecular formula is C8H7NO3S. The lowest BCUT2D eigenvalue weighted by Gasteiger charge is -2.01. The lowest BCUT2D eigenvalue weighted by molar-refractivity contribution is -0.146. The van der Waals surface area contributed by atoms with Crippen molar-refractivity contribution in [2.45, 2.75) is 12.5 Å². The van der Waals surface area contributed by atoms with Crippen molar-refractivity contribution in [2.75, 3.05) is 0 Å². The molecule has 5 heteroatoms. The highest BCUT2D eigenvalue weighted by Gasteiger charge is 2.14. The summed E-state index contributed by atoms with van der Waals surface area (Å²) in [5.41, 5.74) is 0. The Bertz CT molecular complexity index is 353. The third-order valence-corrected chi connectivity index (χ3v) is 2.46. The van der Waals surface area contributed by atoms with Gasteiger partial charge in [0.15, 0.2) is 6.10 Å². The minimum absolute atomic E-state index is 0.0572. The number of carboxylic acid groups (broad SMARTS) is 1. The van der Waals surface area contributed by atoms with Crippen molar-refractivity contribution in [2.24, 2.45) is 0 Å². The lowest BCUT2D eigenvalue weighted by Crippen LogP contribution is -2.21. The molecule has 0 aromatic carbocycles. The predicted octanol–water partition coefficient (Wildman–Crippen LogP) is 0.608. The number of nitrogens with zero attached hydrogens (tertiary/aromatic N) is 1. The van der Waals surface area contributed by atoms with E-state index in [9.17, 15) is 4.79 Å². The molecule has 1 unspecified atom stereocenters. The minimum Gasteiger partial charge on any atom is -0.479 e. The van der Waals surface area contributed by atoms with E-state index in [-0.39, 0.29) is 6.42 Å². The maximum absolute atomic E-state index is 10.3. The van der Waals surface area contributed by atoms with Crippen LogP contribution in [0.2, 0.25) is 0 Å². The summed E-state index contributed by atoms with van der Waals surface area (Å²) < 4.78 is 0. The molecule has 13 heavy (non-hydrogen) atoms. The zero-order chi connectivity index (χ0) is 9.84. The molecule has 68 valence electrons. The second kappa shape index (κ2) is 4.03. The van der Waals surface area contributed by atoms with Gasteiger partial charge in [-0.1, -0.05) is 0 Å². The van der Waals surface area contributed by atoms with Crippen LogP contribution in [-0.4, -0.2) is 22.3 Å². The monoisotopic (exact) mass is 197 g/mol. The van der Waals surface area contributed by atoms with Crippen LogP contribution < -0.4 is 0 Å². The number of hydrogen-bond donors (Lipinski definition) is 2. The molecule has 1 aromatic heterocycles. The van der Waals surface area contributed by atoms with Crippen molar-refractivity contribution in [3.63, 3.8) is 0 Å². The summed E-state index contributed by atoms with van der Waals surface area (Å²) in [5.74, 6) is -1.24. The summed E-state index contributed by atoms with van der Waals surface area (Å²) in [7, 11) is 0. The molecular weight excluding hydrogens is 190 g/mol. The zero-order valence-electron chi connectivity index (χ0n) is 6.60. The Hall–Kier alpha value is -1.38. The van der Waals surface area contributed by atoms with Crippen LogP contribution in [0, 0.1) is 11.3 Å². The van der Waals surface area contributed by atoms with Gasteiger partial charge in [-0.25, -0.2) is 4.79 Å². The molecule has 0 saturated heterocycles. The maximum Gasteiger partial charge on any atom is 0.332 e. The summed E-state index contributed by atoms with van der Waals surface area (Å²) in [6.45, 7) is 0. The largest absolute Gasteiger partial charge is 0.479 e. The second-order valence-corrected chi connectivity index (χ2v) is 3.60. The molecule has 2 N–H and O–H groups in total. The molecule has 1 heterocycles. The molecule has 4 nitrogen and oxygen atoms in total. The van der Waals surface area contributed by atoms with Crippen LogP contribution >= 0.6 is 11.3 Å². The molecule has 0 spiro atoms. The molecule has 1 rings (SSSR count). The number of rotatable bonds is 3. The summed E-state index contributed by atoms with van der Waals surface area (Å²) in [4.78, 5) is 11.5. The zero-order valence-corrected chi connectivity index (χ0v) is 7.41. The van der Waals surface area contributed by atoms with E-state index in [1.54, 1.807) is 12.1 Å². The van der Waals surface area contributed by atoms with Gasteiger partial charge >= 0.3 is 5.97 Å². The Kier molecular flexibility index (Phi) is 3.01. The van der Waals surface area contributed by atoms with E-state index in [0.717, 1.165) is 0 Å². The van der Waals surface area contributed by atoms with Crippen LogP contribution in [0.3, 0.4) is 0 Å². The van der Waals surface area contributed by atoms with Gasteiger partial charge in [0.05, 0.1) is 0 Å². The van der Waals surface area contributed by atoms with Gasteiger partial charge in [0.1, 0.15) is 10.9 Å². The lowest BCUT2D eigenvalue weighted by atomic mass is 10.2. The first-order chi connectivity index (χ1) is 6.13. The maximum atomic E-state index is 10.3. The van der Waals surface area contributed by atoms with Gasteiger partial charge in [0.25, 0.3) is 0 Å². The smallest absolute Gasteiger partial charge is 0.332 e. The van der Waals surface area contributed by atoms with Gasteiger partial charge in [-0.05, 0) is 12.1 Å². The third kappa shape index (κ3) is 2.54. The number of aliphatic hydroxyl groups is 1. The third-order valence-electron chi connectivity index (χ3n) is 1.45. The highest BCUT2D eigenvalue weighted by atomic mass is 32.1. The molecule has 0 radical (unpaired) electrons. The summed E-state index contributed by atoms with van der Waals surface area (Å²) in [6.07, 6.45) is -1.33. The van der Waals surface area contributed by atoms with E-state index in [4.69, 9.17) is 15.5 Å². The van der Waals surface area contributed by atoms with Gasteiger partial charge in [-0.3, -0.25) is 0 Å². The van der Waals surface area contributed by atoms with Gasteiger partial charge in [-0.15, -0.1) is 11.3 Å². The van der Waals surface area contributed by atoms with Crippen LogP contribution in [0.1, 0.15) is 9.75 Å². The normalized spacial score (nSPS) is 12.0. The van der Waals surface area contributed by atoms with E-state index < -0.39 is 12.1 Å². The highest BCUT2D eigenvalue weighted by molar-refractivity contribution is 7.12. The van der Waals surface area contributed by atoms with Crippen molar-refractivity contribution in [1.82, 2.24) is 0 Å². The first kappa shape index (κ1) is 9.71. The number of aliphatic hydroxyl groups excluding tert-OH is 1. The number of carbonyl (C=O) groups is 1. The Morgan fingerprint density at radius 3 is 2.85 bits per heavy atom. The second-order valence-electron chi connectivity index (χ2n) is 2.44. The Morgan fingerprint density at radius 1 is 1.69 bits per heavy atom. The average molecular weight is 197 g/mol. The topological polar surface area (TPSA) is 81.3 Å². The van der Waals surface area contributed by atoms with Crippen LogP contribution in [0.4, 0.5) is 0 Å². The summed E-state index contributed by atoms with van der Waals surface area (Å²) >= 11 is 1.19. The number of nitriles is 1. The Morgan fingerprint density at radius 2 is 2.38 bits per heavy atom. The molecule has 0 aliphatic carbocycles. The van der Waals surface area contributed by atoms with Gasteiger partial charge < -0.3 is 10.2 Å². The van der Waals surface area contributed by atoms with E-state index >= 15 is 0 Å². The first-order valence-corrected chi connectivity index (χ1v) is 4.35. The Balaban J connectivity index is 2.65. The van der Waals surface area contributed by atoms with Crippen LogP contribution in [0.25, 0.3) is 0 Å².